The number of anilines is 1. The Labute approximate surface area is 200 Å². The Morgan fingerprint density at radius 3 is 2.45 bits per heavy atom. The third-order valence-electron chi connectivity index (χ3n) is 4.98. The van der Waals surface area contributed by atoms with Crippen LogP contribution >= 0.6 is 23.4 Å². The second-order valence-corrected chi connectivity index (χ2v) is 8.54. The van der Waals surface area contributed by atoms with Crippen LogP contribution in [0, 0.1) is 0 Å². The van der Waals surface area contributed by atoms with Gasteiger partial charge in [0.2, 0.25) is 0 Å². The van der Waals surface area contributed by atoms with Gasteiger partial charge in [-0.25, -0.2) is 0 Å². The molecule has 1 aliphatic heterocycles. The van der Waals surface area contributed by atoms with E-state index in [0.29, 0.717) is 32.5 Å². The average molecular weight is 479 g/mol. The summed E-state index contributed by atoms with van der Waals surface area (Å²) >= 11 is 7.04. The van der Waals surface area contributed by atoms with Crippen LogP contribution in [0.2, 0.25) is 5.02 Å². The van der Waals surface area contributed by atoms with Crippen LogP contribution < -0.4 is 10.1 Å². The summed E-state index contributed by atoms with van der Waals surface area (Å²) in [4.78, 5) is 39.3. The molecule has 0 aliphatic carbocycles. The lowest BCUT2D eigenvalue weighted by Crippen LogP contribution is -2.27. The number of nitrogens with one attached hydrogen (secondary N) is 1. The average Bonchev–Trinajstić information content (AvgIpc) is 3.08. The number of ether oxygens (including phenoxy) is 1. The number of rotatable bonds is 6. The van der Waals surface area contributed by atoms with Gasteiger partial charge in [0.15, 0.2) is 0 Å². The highest BCUT2D eigenvalue weighted by Gasteiger charge is 2.35. The van der Waals surface area contributed by atoms with Gasteiger partial charge in [-0.2, -0.15) is 0 Å². The summed E-state index contributed by atoms with van der Waals surface area (Å²) in [5.41, 5.74) is 2.41. The van der Waals surface area contributed by atoms with Crippen LogP contribution in [0.5, 0.6) is 5.75 Å². The van der Waals surface area contributed by atoms with Crippen LogP contribution in [-0.2, 0) is 11.3 Å². The molecule has 1 fully saturated rings. The van der Waals surface area contributed by atoms with Gasteiger partial charge in [0.05, 0.1) is 24.2 Å². The van der Waals surface area contributed by atoms with Crippen molar-refractivity contribution < 1.29 is 19.1 Å². The number of para-hydroxylation sites is 2. The monoisotopic (exact) mass is 478 g/mol. The Hall–Kier alpha value is -3.55. The quantitative estimate of drug-likeness (QED) is 0.450. The van der Waals surface area contributed by atoms with Crippen molar-refractivity contribution in [3.8, 4) is 5.75 Å². The largest absolute Gasteiger partial charge is 0.495 e. The van der Waals surface area contributed by atoms with E-state index in [9.17, 15) is 14.4 Å². The van der Waals surface area contributed by atoms with Crippen molar-refractivity contribution in [3.05, 3.63) is 99.4 Å². The zero-order chi connectivity index (χ0) is 23.4. The molecule has 0 saturated carbocycles. The molecule has 166 valence electrons. The molecule has 4 rings (SSSR count). The van der Waals surface area contributed by atoms with Gasteiger partial charge < -0.3 is 10.1 Å². The van der Waals surface area contributed by atoms with E-state index in [2.05, 4.69) is 5.32 Å². The molecule has 0 bridgehead atoms. The van der Waals surface area contributed by atoms with Gasteiger partial charge in [0.25, 0.3) is 17.1 Å². The van der Waals surface area contributed by atoms with Crippen molar-refractivity contribution in [1.82, 2.24) is 4.90 Å². The molecule has 3 aromatic rings. The lowest BCUT2D eigenvalue weighted by atomic mass is 10.1. The molecule has 1 heterocycles. The number of hydrogen-bond acceptors (Lipinski definition) is 5. The van der Waals surface area contributed by atoms with Crippen molar-refractivity contribution >= 4 is 52.2 Å². The van der Waals surface area contributed by atoms with Crippen LogP contribution in [-0.4, -0.2) is 29.1 Å². The molecule has 3 amide bonds. The van der Waals surface area contributed by atoms with Crippen LogP contribution in [0.15, 0.2) is 77.7 Å². The van der Waals surface area contributed by atoms with Crippen LogP contribution in [0.3, 0.4) is 0 Å². The Kier molecular flexibility index (Phi) is 6.82. The summed E-state index contributed by atoms with van der Waals surface area (Å²) < 4.78 is 5.25. The summed E-state index contributed by atoms with van der Waals surface area (Å²) in [6, 6.07) is 21.0. The number of imide groups is 1. The first kappa shape index (κ1) is 22.6. The topological polar surface area (TPSA) is 75.7 Å². The number of hydrogen-bond donors (Lipinski definition) is 1. The van der Waals surface area contributed by atoms with Crippen molar-refractivity contribution in [2.75, 3.05) is 12.4 Å². The smallest absolute Gasteiger partial charge is 0.293 e. The first-order chi connectivity index (χ1) is 16.0. The van der Waals surface area contributed by atoms with E-state index in [-0.39, 0.29) is 23.6 Å². The molecule has 8 heteroatoms. The zero-order valence-electron chi connectivity index (χ0n) is 17.6. The number of methoxy groups -OCH3 is 1. The Balaban J connectivity index is 1.44. The van der Waals surface area contributed by atoms with E-state index in [1.54, 1.807) is 66.7 Å². The van der Waals surface area contributed by atoms with E-state index in [0.717, 1.165) is 17.3 Å². The molecule has 0 aromatic heterocycles. The van der Waals surface area contributed by atoms with Gasteiger partial charge in [-0.3, -0.25) is 19.3 Å². The highest BCUT2D eigenvalue weighted by Crippen LogP contribution is 2.34. The molecule has 1 N–H and O–H groups in total. The van der Waals surface area contributed by atoms with Gasteiger partial charge in [0, 0.05) is 10.6 Å². The minimum absolute atomic E-state index is 0.110. The lowest BCUT2D eigenvalue weighted by molar-refractivity contribution is -0.123. The van der Waals surface area contributed by atoms with Gasteiger partial charge in [-0.15, -0.1) is 0 Å². The van der Waals surface area contributed by atoms with E-state index in [4.69, 9.17) is 16.3 Å². The molecular weight excluding hydrogens is 460 g/mol. The molecule has 33 heavy (non-hydrogen) atoms. The second kappa shape index (κ2) is 9.94. The van der Waals surface area contributed by atoms with E-state index in [1.807, 2.05) is 12.1 Å². The summed E-state index contributed by atoms with van der Waals surface area (Å²) in [5, 5.41) is 2.97. The maximum atomic E-state index is 12.8. The SMILES string of the molecule is COc1ccccc1NC(=O)c1ccc(CN2C(=O)S/C(=C\c3ccccc3Cl)C2=O)cc1. The number of benzene rings is 3. The fraction of sp³-hybridized carbons (Fsp3) is 0.0800. The summed E-state index contributed by atoms with van der Waals surface area (Å²) in [7, 11) is 1.54. The summed E-state index contributed by atoms with van der Waals surface area (Å²) in [6.45, 7) is 0.110. The minimum Gasteiger partial charge on any atom is -0.495 e. The molecule has 0 atom stereocenters. The number of nitrogens with zero attached hydrogens (tertiary/aromatic N) is 1. The third-order valence-corrected chi connectivity index (χ3v) is 6.23. The summed E-state index contributed by atoms with van der Waals surface area (Å²) in [5.74, 6) is -0.102. The molecule has 3 aromatic carbocycles. The third kappa shape index (κ3) is 5.10. The van der Waals surface area contributed by atoms with E-state index >= 15 is 0 Å². The normalized spacial score (nSPS) is 14.6. The van der Waals surface area contributed by atoms with Crippen molar-refractivity contribution in [3.63, 3.8) is 0 Å². The van der Waals surface area contributed by atoms with Gasteiger partial charge >= 0.3 is 0 Å². The van der Waals surface area contributed by atoms with E-state index in [1.165, 1.54) is 12.0 Å². The fourth-order valence-corrected chi connectivity index (χ4v) is 4.28. The Morgan fingerprint density at radius 1 is 1.03 bits per heavy atom. The maximum absolute atomic E-state index is 12.8. The highest BCUT2D eigenvalue weighted by atomic mass is 35.5. The summed E-state index contributed by atoms with van der Waals surface area (Å²) in [6.07, 6.45) is 1.62. The number of halogens is 1. The minimum atomic E-state index is -0.372. The predicted octanol–water partition coefficient (Wildman–Crippen LogP) is 5.84. The van der Waals surface area contributed by atoms with Gasteiger partial charge in [-0.1, -0.05) is 54.1 Å². The lowest BCUT2D eigenvalue weighted by Gasteiger charge is -2.13. The van der Waals surface area contributed by atoms with Crippen molar-refractivity contribution in [2.45, 2.75) is 6.54 Å². The molecule has 0 radical (unpaired) electrons. The number of amides is 3. The zero-order valence-corrected chi connectivity index (χ0v) is 19.2. The standard InChI is InChI=1S/C25H19ClN2O4S/c1-32-21-9-5-4-8-20(21)27-23(29)17-12-10-16(11-13-17)15-28-24(30)22(33-25(28)31)14-18-6-2-3-7-19(18)26/h2-14H,15H2,1H3,(H,27,29)/b22-14-. The fourth-order valence-electron chi connectivity index (χ4n) is 3.26. The van der Waals surface area contributed by atoms with Crippen LogP contribution in [0.25, 0.3) is 6.08 Å². The maximum Gasteiger partial charge on any atom is 0.293 e. The molecule has 6 nitrogen and oxygen atoms in total. The van der Waals surface area contributed by atoms with Crippen LogP contribution in [0.4, 0.5) is 10.5 Å². The molecular formula is C25H19ClN2O4S. The number of carbonyl (C=O) groups is 3. The van der Waals surface area contributed by atoms with Gasteiger partial charge in [-0.05, 0) is 59.3 Å². The highest BCUT2D eigenvalue weighted by molar-refractivity contribution is 8.18. The van der Waals surface area contributed by atoms with Gasteiger partial charge in [0.1, 0.15) is 5.75 Å². The first-order valence-electron chi connectivity index (χ1n) is 9.99. The van der Waals surface area contributed by atoms with Crippen molar-refractivity contribution in [1.29, 1.82) is 0 Å². The Morgan fingerprint density at radius 2 is 1.73 bits per heavy atom. The molecule has 0 unspecified atom stereocenters. The number of thioether (sulfide) groups is 1. The Bertz CT molecular complexity index is 1260. The first-order valence-corrected chi connectivity index (χ1v) is 11.2. The predicted molar refractivity (Wildman–Crippen MR) is 130 cm³/mol. The van der Waals surface area contributed by atoms with Crippen LogP contribution in [0.1, 0.15) is 21.5 Å². The number of carbonyl (C=O) groups excluding carboxylic acids is 3. The second-order valence-electron chi connectivity index (χ2n) is 7.14. The molecule has 1 aliphatic rings. The van der Waals surface area contributed by atoms with E-state index < -0.39 is 0 Å². The molecule has 1 saturated heterocycles. The molecule has 0 spiro atoms. The van der Waals surface area contributed by atoms with Crippen molar-refractivity contribution in [2.24, 2.45) is 0 Å².